The second-order valence-electron chi connectivity index (χ2n) is 5.32. The van der Waals surface area contributed by atoms with Gasteiger partial charge in [0, 0.05) is 11.6 Å². The number of pyridine rings is 1. The van der Waals surface area contributed by atoms with Crippen LogP contribution in [0.4, 0.5) is 8.78 Å². The van der Waals surface area contributed by atoms with Crippen molar-refractivity contribution in [3.8, 4) is 0 Å². The van der Waals surface area contributed by atoms with Crippen LogP contribution in [0.1, 0.15) is 47.0 Å². The normalized spacial score (nSPS) is 12.5. The van der Waals surface area contributed by atoms with E-state index in [0.717, 1.165) is 10.9 Å². The standard InChI is InChI=1S/C16H14F2N4O2/c1-8-5-6-11(12-10(8)4-3-7-19-12)15(23)20-9(2)14-21-16(13(17)18)24-22-14/h3-7,9,13H,1-2H3,(H,20,23). The van der Waals surface area contributed by atoms with Gasteiger partial charge in [-0.2, -0.15) is 13.8 Å². The van der Waals surface area contributed by atoms with Crippen molar-refractivity contribution in [2.24, 2.45) is 0 Å². The van der Waals surface area contributed by atoms with Gasteiger partial charge in [-0.25, -0.2) is 0 Å². The first-order valence-electron chi connectivity index (χ1n) is 7.24. The molecular formula is C16H14F2N4O2. The Labute approximate surface area is 135 Å². The number of hydrogen-bond donors (Lipinski definition) is 1. The second kappa shape index (κ2) is 6.31. The average Bonchev–Trinajstić information content (AvgIpc) is 3.06. The summed E-state index contributed by atoms with van der Waals surface area (Å²) in [7, 11) is 0. The Morgan fingerprint density at radius 3 is 2.79 bits per heavy atom. The van der Waals surface area contributed by atoms with Gasteiger partial charge in [-0.05, 0) is 31.5 Å². The first-order valence-corrected chi connectivity index (χ1v) is 7.24. The van der Waals surface area contributed by atoms with Gasteiger partial charge in [0.2, 0.25) is 0 Å². The van der Waals surface area contributed by atoms with Crippen LogP contribution in [0.25, 0.3) is 10.9 Å². The van der Waals surface area contributed by atoms with Crippen LogP contribution >= 0.6 is 0 Å². The predicted octanol–water partition coefficient (Wildman–Crippen LogP) is 3.35. The number of nitrogens with zero attached hydrogens (tertiary/aromatic N) is 3. The highest BCUT2D eigenvalue weighted by molar-refractivity contribution is 6.06. The highest BCUT2D eigenvalue weighted by Crippen LogP contribution is 2.22. The van der Waals surface area contributed by atoms with Crippen molar-refractivity contribution in [2.45, 2.75) is 26.3 Å². The number of fused-ring (bicyclic) bond motifs is 1. The fourth-order valence-electron chi connectivity index (χ4n) is 2.35. The SMILES string of the molecule is Cc1ccc(C(=O)NC(C)c2noc(C(F)F)n2)c2ncccc12. The molecule has 0 aliphatic carbocycles. The molecule has 2 aromatic heterocycles. The van der Waals surface area contributed by atoms with Crippen LogP contribution in [0, 0.1) is 6.92 Å². The molecule has 1 amide bonds. The zero-order valence-corrected chi connectivity index (χ0v) is 13.0. The Hall–Kier alpha value is -2.90. The Morgan fingerprint density at radius 1 is 1.29 bits per heavy atom. The lowest BCUT2D eigenvalue weighted by Gasteiger charge is -2.12. The minimum absolute atomic E-state index is 0.0111. The van der Waals surface area contributed by atoms with Crippen molar-refractivity contribution in [3.63, 3.8) is 0 Å². The molecule has 0 radical (unpaired) electrons. The van der Waals surface area contributed by atoms with E-state index in [9.17, 15) is 13.6 Å². The molecule has 0 fully saturated rings. The summed E-state index contributed by atoms with van der Waals surface area (Å²) in [4.78, 5) is 20.3. The Kier molecular flexibility index (Phi) is 4.20. The van der Waals surface area contributed by atoms with Gasteiger partial charge in [0.1, 0.15) is 0 Å². The molecule has 0 saturated heterocycles. The fraction of sp³-hybridized carbons (Fsp3) is 0.250. The third-order valence-electron chi connectivity index (χ3n) is 3.61. The molecule has 0 aliphatic rings. The quantitative estimate of drug-likeness (QED) is 0.792. The van der Waals surface area contributed by atoms with E-state index in [0.29, 0.717) is 11.1 Å². The number of alkyl halides is 2. The minimum atomic E-state index is -2.85. The monoisotopic (exact) mass is 332 g/mol. The van der Waals surface area contributed by atoms with E-state index >= 15 is 0 Å². The van der Waals surface area contributed by atoms with E-state index in [-0.39, 0.29) is 5.82 Å². The van der Waals surface area contributed by atoms with Crippen LogP contribution in [-0.4, -0.2) is 21.0 Å². The number of carbonyl (C=O) groups is 1. The summed E-state index contributed by atoms with van der Waals surface area (Å²) in [5.41, 5.74) is 1.96. The second-order valence-corrected chi connectivity index (χ2v) is 5.32. The average molecular weight is 332 g/mol. The van der Waals surface area contributed by atoms with E-state index in [1.165, 1.54) is 0 Å². The molecule has 3 aromatic rings. The van der Waals surface area contributed by atoms with Gasteiger partial charge in [0.05, 0.1) is 17.1 Å². The first-order chi connectivity index (χ1) is 11.5. The molecule has 0 saturated carbocycles. The van der Waals surface area contributed by atoms with Crippen molar-refractivity contribution in [1.82, 2.24) is 20.4 Å². The zero-order chi connectivity index (χ0) is 17.3. The van der Waals surface area contributed by atoms with E-state index in [4.69, 9.17) is 0 Å². The molecule has 1 atom stereocenters. The van der Waals surface area contributed by atoms with E-state index in [1.54, 1.807) is 25.3 Å². The molecule has 0 spiro atoms. The molecule has 2 heterocycles. The van der Waals surface area contributed by atoms with Gasteiger partial charge < -0.3 is 9.84 Å². The number of benzene rings is 1. The number of rotatable bonds is 4. The van der Waals surface area contributed by atoms with E-state index < -0.39 is 24.3 Å². The summed E-state index contributed by atoms with van der Waals surface area (Å²) >= 11 is 0. The molecule has 8 heteroatoms. The van der Waals surface area contributed by atoms with E-state index in [1.807, 2.05) is 19.1 Å². The summed E-state index contributed by atoms with van der Waals surface area (Å²) in [5.74, 6) is -1.17. The largest absolute Gasteiger partial charge is 0.342 e. The molecular weight excluding hydrogens is 318 g/mol. The van der Waals surface area contributed by atoms with Crippen LogP contribution in [0.15, 0.2) is 35.0 Å². The Morgan fingerprint density at radius 2 is 2.08 bits per heavy atom. The van der Waals surface area contributed by atoms with Gasteiger partial charge in [0.25, 0.3) is 11.8 Å². The van der Waals surface area contributed by atoms with Gasteiger partial charge in [-0.15, -0.1) is 0 Å². The highest BCUT2D eigenvalue weighted by Gasteiger charge is 2.22. The predicted molar refractivity (Wildman–Crippen MR) is 81.6 cm³/mol. The maximum Gasteiger partial charge on any atom is 0.315 e. The number of nitrogens with one attached hydrogen (secondary N) is 1. The molecule has 6 nitrogen and oxygen atoms in total. The van der Waals surface area contributed by atoms with Crippen LogP contribution in [0.2, 0.25) is 0 Å². The summed E-state index contributed by atoms with van der Waals surface area (Å²) in [5, 5.41) is 7.00. The molecule has 124 valence electrons. The number of carbonyl (C=O) groups excluding carboxylic acids is 1. The number of hydrogen-bond acceptors (Lipinski definition) is 5. The Bertz CT molecular complexity index is 895. The lowest BCUT2D eigenvalue weighted by molar-refractivity contribution is 0.0938. The zero-order valence-electron chi connectivity index (χ0n) is 13.0. The van der Waals surface area contributed by atoms with Crippen LogP contribution < -0.4 is 5.32 Å². The molecule has 24 heavy (non-hydrogen) atoms. The maximum absolute atomic E-state index is 12.5. The smallest absolute Gasteiger partial charge is 0.315 e. The number of aromatic nitrogens is 3. The van der Waals surface area contributed by atoms with Gasteiger partial charge in [-0.3, -0.25) is 9.78 Å². The summed E-state index contributed by atoms with van der Waals surface area (Å²) in [6.45, 7) is 3.52. The van der Waals surface area contributed by atoms with Gasteiger partial charge in [-0.1, -0.05) is 17.3 Å². The van der Waals surface area contributed by atoms with Crippen molar-refractivity contribution in [3.05, 3.63) is 53.3 Å². The highest BCUT2D eigenvalue weighted by atomic mass is 19.3. The van der Waals surface area contributed by atoms with E-state index in [2.05, 4.69) is 25.0 Å². The number of amides is 1. The van der Waals surface area contributed by atoms with Crippen LogP contribution in [0.5, 0.6) is 0 Å². The molecule has 3 rings (SSSR count). The Balaban J connectivity index is 1.86. The molecule has 1 aromatic carbocycles. The van der Waals surface area contributed by atoms with Crippen LogP contribution in [0.3, 0.4) is 0 Å². The van der Waals surface area contributed by atoms with Crippen molar-refractivity contribution in [2.75, 3.05) is 0 Å². The summed E-state index contributed by atoms with van der Waals surface area (Å²) < 4.78 is 29.4. The maximum atomic E-state index is 12.5. The van der Waals surface area contributed by atoms with Crippen molar-refractivity contribution in [1.29, 1.82) is 0 Å². The van der Waals surface area contributed by atoms with Gasteiger partial charge in [0.15, 0.2) is 5.82 Å². The van der Waals surface area contributed by atoms with Crippen molar-refractivity contribution < 1.29 is 18.1 Å². The lowest BCUT2D eigenvalue weighted by Crippen LogP contribution is -2.27. The van der Waals surface area contributed by atoms with Crippen molar-refractivity contribution >= 4 is 16.8 Å². The molecule has 0 bridgehead atoms. The molecule has 1 unspecified atom stereocenters. The minimum Gasteiger partial charge on any atom is -0.342 e. The topological polar surface area (TPSA) is 80.9 Å². The summed E-state index contributed by atoms with van der Waals surface area (Å²) in [6, 6.07) is 6.49. The lowest BCUT2D eigenvalue weighted by atomic mass is 10.0. The first kappa shape index (κ1) is 16.0. The molecule has 1 N–H and O–H groups in total. The fourth-order valence-corrected chi connectivity index (χ4v) is 2.35. The summed E-state index contributed by atoms with van der Waals surface area (Å²) in [6.07, 6.45) is -1.24. The number of aryl methyl sites for hydroxylation is 1. The van der Waals surface area contributed by atoms with Crippen LogP contribution in [-0.2, 0) is 0 Å². The third kappa shape index (κ3) is 2.94. The molecule has 0 aliphatic heterocycles. The van der Waals surface area contributed by atoms with Gasteiger partial charge >= 0.3 is 6.43 Å². The number of halogens is 2. The third-order valence-corrected chi connectivity index (χ3v) is 3.61.